The van der Waals surface area contributed by atoms with E-state index in [0.717, 1.165) is 6.54 Å². The van der Waals surface area contributed by atoms with Gasteiger partial charge in [-0.3, -0.25) is 0 Å². The zero-order valence-corrected chi connectivity index (χ0v) is 6.81. The lowest BCUT2D eigenvalue weighted by atomic mass is 10.5. The van der Waals surface area contributed by atoms with Gasteiger partial charge in [-0.25, -0.2) is 9.37 Å². The molecule has 1 aliphatic rings. The summed E-state index contributed by atoms with van der Waals surface area (Å²) in [6, 6.07) is 0. The number of nitrogens with zero attached hydrogens (tertiary/aromatic N) is 1. The molecule has 0 amide bonds. The zero-order chi connectivity index (χ0) is 7.72. The molecular weight excluding hydrogens is 150 g/mol. The Morgan fingerprint density at radius 1 is 1.90 bits per heavy atom. The number of thioether (sulfide) groups is 1. The average molecular weight is 160 g/mol. The molecule has 0 saturated heterocycles. The standard InChI is InChI=1S/C6H9NO2S/c1-4-3-7(2)5(10-4)6(8)9/h4H,3H2,1-2H3/p+1. The number of rotatable bonds is 1. The van der Waals surface area contributed by atoms with Gasteiger partial charge in [0, 0.05) is 0 Å². The fraction of sp³-hybridized carbons (Fsp3) is 0.667. The van der Waals surface area contributed by atoms with Gasteiger partial charge in [0.05, 0.1) is 5.25 Å². The van der Waals surface area contributed by atoms with Crippen molar-refractivity contribution in [2.45, 2.75) is 12.2 Å². The monoisotopic (exact) mass is 160 g/mol. The van der Waals surface area contributed by atoms with Gasteiger partial charge in [0.2, 0.25) is 0 Å². The first-order chi connectivity index (χ1) is 4.61. The molecule has 0 spiro atoms. The van der Waals surface area contributed by atoms with Gasteiger partial charge in [-0.2, -0.15) is 0 Å². The van der Waals surface area contributed by atoms with E-state index < -0.39 is 5.97 Å². The number of carboxylic acid groups (broad SMARTS) is 1. The second-order valence-electron chi connectivity index (χ2n) is 2.42. The number of hydrogen-bond donors (Lipinski definition) is 1. The molecule has 0 bridgehead atoms. The van der Waals surface area contributed by atoms with Crippen LogP contribution in [-0.2, 0) is 4.79 Å². The second kappa shape index (κ2) is 2.62. The Hall–Kier alpha value is -0.510. The van der Waals surface area contributed by atoms with Gasteiger partial charge in [0.1, 0.15) is 7.05 Å². The Bertz CT molecular complexity index is 200. The Kier molecular flexibility index (Phi) is 1.99. The van der Waals surface area contributed by atoms with Crippen molar-refractivity contribution in [1.82, 2.24) is 0 Å². The average Bonchev–Trinajstić information content (AvgIpc) is 2.10. The van der Waals surface area contributed by atoms with Crippen molar-refractivity contribution >= 4 is 22.8 Å². The van der Waals surface area contributed by atoms with E-state index in [4.69, 9.17) is 5.11 Å². The van der Waals surface area contributed by atoms with Crippen molar-refractivity contribution in [3.8, 4) is 0 Å². The van der Waals surface area contributed by atoms with Gasteiger partial charge >= 0.3 is 11.0 Å². The molecule has 0 radical (unpaired) electrons. The number of hydrogen-bond acceptors (Lipinski definition) is 2. The fourth-order valence-electron chi connectivity index (χ4n) is 1.00. The SMILES string of the molecule is CC1C[N+](C)=C(C(=O)O)S1. The molecule has 0 aromatic heterocycles. The summed E-state index contributed by atoms with van der Waals surface area (Å²) in [5, 5.41) is 9.48. The first kappa shape index (κ1) is 7.60. The number of carboxylic acids is 1. The van der Waals surface area contributed by atoms with Crippen LogP contribution in [0.25, 0.3) is 0 Å². The van der Waals surface area contributed by atoms with Crippen molar-refractivity contribution in [1.29, 1.82) is 0 Å². The molecule has 3 nitrogen and oxygen atoms in total. The Morgan fingerprint density at radius 2 is 2.50 bits per heavy atom. The van der Waals surface area contributed by atoms with Crippen molar-refractivity contribution in [3.63, 3.8) is 0 Å². The van der Waals surface area contributed by atoms with Crippen LogP contribution in [0.2, 0.25) is 0 Å². The van der Waals surface area contributed by atoms with Crippen LogP contribution in [0.1, 0.15) is 6.92 Å². The highest BCUT2D eigenvalue weighted by atomic mass is 32.2. The minimum absolute atomic E-state index is 0.413. The van der Waals surface area contributed by atoms with Crippen molar-refractivity contribution in [2.75, 3.05) is 13.6 Å². The van der Waals surface area contributed by atoms with E-state index >= 15 is 0 Å². The molecular formula is C6H10NO2S+. The maximum atomic E-state index is 10.5. The van der Waals surface area contributed by atoms with Gasteiger partial charge in [0.15, 0.2) is 6.54 Å². The van der Waals surface area contributed by atoms with Crippen LogP contribution >= 0.6 is 11.8 Å². The lowest BCUT2D eigenvalue weighted by molar-refractivity contribution is -0.489. The Labute approximate surface area is 63.7 Å². The summed E-state index contributed by atoms with van der Waals surface area (Å²) >= 11 is 1.42. The lowest BCUT2D eigenvalue weighted by Gasteiger charge is -1.88. The molecule has 0 aromatic rings. The molecule has 56 valence electrons. The molecule has 1 atom stereocenters. The molecule has 4 heteroatoms. The van der Waals surface area contributed by atoms with Crippen LogP contribution in [0, 0.1) is 0 Å². The largest absolute Gasteiger partial charge is 0.473 e. The second-order valence-corrected chi connectivity index (χ2v) is 3.85. The van der Waals surface area contributed by atoms with E-state index in [1.165, 1.54) is 11.8 Å². The molecule has 1 aliphatic heterocycles. The molecule has 1 N–H and O–H groups in total. The van der Waals surface area contributed by atoms with Gasteiger partial charge in [-0.1, -0.05) is 0 Å². The first-order valence-corrected chi connectivity index (χ1v) is 3.97. The summed E-state index contributed by atoms with van der Waals surface area (Å²) in [6.45, 7) is 2.86. The predicted molar refractivity (Wildman–Crippen MR) is 40.7 cm³/mol. The van der Waals surface area contributed by atoms with Crippen LogP contribution < -0.4 is 0 Å². The normalized spacial score (nSPS) is 25.6. The number of carbonyl (C=O) groups is 1. The zero-order valence-electron chi connectivity index (χ0n) is 6.00. The molecule has 1 heterocycles. The summed E-state index contributed by atoms with van der Waals surface area (Å²) in [6.07, 6.45) is 0. The van der Waals surface area contributed by atoms with Gasteiger partial charge in [-0.15, -0.1) is 0 Å². The highest BCUT2D eigenvalue weighted by Crippen LogP contribution is 2.18. The van der Waals surface area contributed by atoms with Crippen molar-refractivity contribution < 1.29 is 14.5 Å². The summed E-state index contributed by atoms with van der Waals surface area (Å²) in [7, 11) is 1.81. The minimum Gasteiger partial charge on any atom is -0.473 e. The highest BCUT2D eigenvalue weighted by molar-refractivity contribution is 8.16. The third-order valence-electron chi connectivity index (χ3n) is 1.37. The highest BCUT2D eigenvalue weighted by Gasteiger charge is 2.31. The third-order valence-corrected chi connectivity index (χ3v) is 2.63. The molecule has 10 heavy (non-hydrogen) atoms. The quantitative estimate of drug-likeness (QED) is 0.559. The third kappa shape index (κ3) is 1.31. The van der Waals surface area contributed by atoms with E-state index in [-0.39, 0.29) is 0 Å². The summed E-state index contributed by atoms with van der Waals surface area (Å²) < 4.78 is 1.78. The van der Waals surface area contributed by atoms with Gasteiger partial charge in [0.25, 0.3) is 0 Å². The van der Waals surface area contributed by atoms with Gasteiger partial charge in [-0.05, 0) is 18.7 Å². The molecule has 0 aliphatic carbocycles. The van der Waals surface area contributed by atoms with Crippen LogP contribution in [0.3, 0.4) is 0 Å². The van der Waals surface area contributed by atoms with E-state index in [1.807, 2.05) is 6.92 Å². The smallest absolute Gasteiger partial charge is 0.408 e. The summed E-state index contributed by atoms with van der Waals surface area (Å²) in [4.78, 5) is 10.5. The molecule has 1 unspecified atom stereocenters. The molecule has 0 aromatic carbocycles. The lowest BCUT2D eigenvalue weighted by Crippen LogP contribution is -2.17. The summed E-state index contributed by atoms with van der Waals surface area (Å²) in [5.41, 5.74) is 0. The van der Waals surface area contributed by atoms with Crippen LogP contribution in [0.4, 0.5) is 0 Å². The van der Waals surface area contributed by atoms with Crippen LogP contribution in [0.5, 0.6) is 0 Å². The van der Waals surface area contributed by atoms with Crippen molar-refractivity contribution in [3.05, 3.63) is 0 Å². The number of aliphatic carboxylic acids is 1. The molecule has 0 fully saturated rings. The van der Waals surface area contributed by atoms with E-state index in [1.54, 1.807) is 11.6 Å². The van der Waals surface area contributed by atoms with Crippen LogP contribution in [0.15, 0.2) is 0 Å². The van der Waals surface area contributed by atoms with E-state index in [0.29, 0.717) is 10.3 Å². The minimum atomic E-state index is -0.808. The maximum Gasteiger partial charge on any atom is 0.408 e. The van der Waals surface area contributed by atoms with Gasteiger partial charge < -0.3 is 5.11 Å². The fourth-order valence-corrected chi connectivity index (χ4v) is 2.03. The van der Waals surface area contributed by atoms with Crippen molar-refractivity contribution in [2.24, 2.45) is 0 Å². The molecule has 0 saturated carbocycles. The van der Waals surface area contributed by atoms with Crippen LogP contribution in [-0.4, -0.2) is 39.5 Å². The Morgan fingerprint density at radius 3 is 2.70 bits per heavy atom. The van der Waals surface area contributed by atoms with E-state index in [9.17, 15) is 4.79 Å². The topological polar surface area (TPSA) is 40.3 Å². The first-order valence-electron chi connectivity index (χ1n) is 3.09. The van der Waals surface area contributed by atoms with E-state index in [2.05, 4.69) is 0 Å². The predicted octanol–water partition coefficient (Wildman–Crippen LogP) is 0.247. The molecule has 1 rings (SSSR count). The summed E-state index contributed by atoms with van der Waals surface area (Å²) in [5.74, 6) is -0.808. The maximum absolute atomic E-state index is 10.5. The Balaban J connectivity index is 2.76.